The standard InChI is InChI=1S/C7H3Br2ClF2O/c8-4-1-3(13-7(11)12)2-5(10)6(4)9/h1-2,7H. The summed E-state index contributed by atoms with van der Waals surface area (Å²) >= 11 is 12.0. The molecule has 13 heavy (non-hydrogen) atoms. The maximum Gasteiger partial charge on any atom is 0.387 e. The minimum atomic E-state index is -2.84. The molecule has 0 heterocycles. The summed E-state index contributed by atoms with van der Waals surface area (Å²) in [4.78, 5) is 0. The van der Waals surface area contributed by atoms with Crippen LogP contribution in [0.4, 0.5) is 8.78 Å². The van der Waals surface area contributed by atoms with Gasteiger partial charge < -0.3 is 4.74 Å². The molecule has 0 unspecified atom stereocenters. The van der Waals surface area contributed by atoms with Crippen LogP contribution in [0, 0.1) is 0 Å². The van der Waals surface area contributed by atoms with Gasteiger partial charge in [0.15, 0.2) is 0 Å². The molecule has 0 spiro atoms. The first-order valence-corrected chi connectivity index (χ1v) is 5.06. The Balaban J connectivity index is 2.99. The lowest BCUT2D eigenvalue weighted by Gasteiger charge is -2.06. The predicted molar refractivity (Wildman–Crippen MR) is 53.5 cm³/mol. The summed E-state index contributed by atoms with van der Waals surface area (Å²) in [5.41, 5.74) is 0. The zero-order valence-electron chi connectivity index (χ0n) is 6.03. The van der Waals surface area contributed by atoms with Crippen LogP contribution >= 0.6 is 43.5 Å². The Morgan fingerprint density at radius 1 is 1.31 bits per heavy atom. The molecule has 0 fully saturated rings. The predicted octanol–water partition coefficient (Wildman–Crippen LogP) is 4.47. The van der Waals surface area contributed by atoms with Crippen LogP contribution < -0.4 is 4.74 Å². The van der Waals surface area contributed by atoms with Crippen molar-refractivity contribution < 1.29 is 13.5 Å². The van der Waals surface area contributed by atoms with Crippen LogP contribution in [0.25, 0.3) is 0 Å². The Morgan fingerprint density at radius 3 is 2.38 bits per heavy atom. The highest BCUT2D eigenvalue weighted by Gasteiger charge is 2.09. The SMILES string of the molecule is FC(F)Oc1cc(Cl)c(Br)c(Br)c1. The number of halogens is 5. The highest BCUT2D eigenvalue weighted by atomic mass is 79.9. The number of rotatable bonds is 2. The van der Waals surface area contributed by atoms with Crippen molar-refractivity contribution in [2.24, 2.45) is 0 Å². The fourth-order valence-electron chi connectivity index (χ4n) is 0.703. The van der Waals surface area contributed by atoms with Gasteiger partial charge >= 0.3 is 6.61 Å². The van der Waals surface area contributed by atoms with E-state index >= 15 is 0 Å². The third-order valence-electron chi connectivity index (χ3n) is 1.18. The average Bonchev–Trinajstić information content (AvgIpc) is 1.98. The molecule has 0 radical (unpaired) electrons. The van der Waals surface area contributed by atoms with E-state index in [1.807, 2.05) is 0 Å². The Kier molecular flexibility index (Phi) is 3.94. The van der Waals surface area contributed by atoms with Gasteiger partial charge in [-0.15, -0.1) is 0 Å². The summed E-state index contributed by atoms with van der Waals surface area (Å²) in [6.45, 7) is -2.84. The molecule has 0 aliphatic heterocycles. The molecule has 0 amide bonds. The van der Waals surface area contributed by atoms with E-state index in [-0.39, 0.29) is 5.75 Å². The van der Waals surface area contributed by atoms with Crippen LogP contribution in [0.5, 0.6) is 5.75 Å². The van der Waals surface area contributed by atoms with Crippen LogP contribution in [0.1, 0.15) is 0 Å². The van der Waals surface area contributed by atoms with Crippen molar-refractivity contribution in [2.75, 3.05) is 0 Å². The van der Waals surface area contributed by atoms with Gasteiger partial charge in [-0.05, 0) is 37.9 Å². The Morgan fingerprint density at radius 2 is 1.92 bits per heavy atom. The average molecular weight is 336 g/mol. The summed E-state index contributed by atoms with van der Waals surface area (Å²) in [6.07, 6.45) is 0. The molecule has 0 bridgehead atoms. The summed E-state index contributed by atoms with van der Waals surface area (Å²) in [6, 6.07) is 2.71. The van der Waals surface area contributed by atoms with Crippen LogP contribution in [0.3, 0.4) is 0 Å². The topological polar surface area (TPSA) is 9.23 Å². The molecule has 1 rings (SSSR count). The number of benzene rings is 1. The first-order valence-electron chi connectivity index (χ1n) is 3.10. The van der Waals surface area contributed by atoms with Crippen molar-refractivity contribution in [1.82, 2.24) is 0 Å². The second kappa shape index (κ2) is 4.57. The fourth-order valence-corrected chi connectivity index (χ4v) is 1.69. The van der Waals surface area contributed by atoms with Gasteiger partial charge in [0.05, 0.1) is 9.50 Å². The first kappa shape index (κ1) is 11.2. The monoisotopic (exact) mass is 334 g/mol. The van der Waals surface area contributed by atoms with E-state index in [1.165, 1.54) is 12.1 Å². The van der Waals surface area contributed by atoms with Gasteiger partial charge in [0.2, 0.25) is 0 Å². The van der Waals surface area contributed by atoms with Gasteiger partial charge in [0, 0.05) is 10.5 Å². The lowest BCUT2D eigenvalue weighted by Crippen LogP contribution is -2.01. The van der Waals surface area contributed by atoms with Crippen molar-refractivity contribution in [3.63, 3.8) is 0 Å². The molecule has 0 saturated carbocycles. The van der Waals surface area contributed by atoms with Crippen molar-refractivity contribution >= 4 is 43.5 Å². The quantitative estimate of drug-likeness (QED) is 0.724. The molecular formula is C7H3Br2ClF2O. The zero-order valence-corrected chi connectivity index (χ0v) is 9.96. The molecular weight excluding hydrogens is 333 g/mol. The number of hydrogen-bond acceptors (Lipinski definition) is 1. The maximum absolute atomic E-state index is 11.8. The molecule has 72 valence electrons. The van der Waals surface area contributed by atoms with Crippen molar-refractivity contribution in [3.8, 4) is 5.75 Å². The van der Waals surface area contributed by atoms with E-state index in [4.69, 9.17) is 11.6 Å². The van der Waals surface area contributed by atoms with E-state index < -0.39 is 6.61 Å². The van der Waals surface area contributed by atoms with E-state index in [1.54, 1.807) is 0 Å². The minimum absolute atomic E-state index is 0.0232. The molecule has 1 aromatic carbocycles. The highest BCUT2D eigenvalue weighted by molar-refractivity contribution is 9.13. The second-order valence-corrected chi connectivity index (χ2v) is 4.13. The van der Waals surface area contributed by atoms with Crippen LogP contribution in [-0.4, -0.2) is 6.61 Å². The molecule has 0 N–H and O–H groups in total. The normalized spacial score (nSPS) is 10.6. The molecule has 0 aliphatic rings. The number of alkyl halides is 2. The van der Waals surface area contributed by atoms with E-state index in [0.717, 1.165) is 0 Å². The molecule has 0 aromatic heterocycles. The third kappa shape index (κ3) is 3.07. The highest BCUT2D eigenvalue weighted by Crippen LogP contribution is 2.35. The second-order valence-electron chi connectivity index (χ2n) is 2.08. The van der Waals surface area contributed by atoms with Crippen molar-refractivity contribution in [3.05, 3.63) is 26.1 Å². The molecule has 6 heteroatoms. The molecule has 0 saturated heterocycles. The van der Waals surface area contributed by atoms with Crippen LogP contribution in [-0.2, 0) is 0 Å². The third-order valence-corrected chi connectivity index (χ3v) is 3.72. The van der Waals surface area contributed by atoms with Crippen LogP contribution in [0.15, 0.2) is 21.1 Å². The largest absolute Gasteiger partial charge is 0.435 e. The van der Waals surface area contributed by atoms with Gasteiger partial charge in [-0.1, -0.05) is 11.6 Å². The maximum atomic E-state index is 11.8. The molecule has 0 atom stereocenters. The summed E-state index contributed by atoms with van der Waals surface area (Å²) in [5.74, 6) is 0.0232. The van der Waals surface area contributed by atoms with Gasteiger partial charge in [0.25, 0.3) is 0 Å². The van der Waals surface area contributed by atoms with Crippen LogP contribution in [0.2, 0.25) is 5.02 Å². The van der Waals surface area contributed by atoms with Crippen molar-refractivity contribution in [2.45, 2.75) is 6.61 Å². The Hall–Kier alpha value is 0.130. The minimum Gasteiger partial charge on any atom is -0.435 e. The lowest BCUT2D eigenvalue weighted by molar-refractivity contribution is -0.0498. The summed E-state index contributed by atoms with van der Waals surface area (Å²) < 4.78 is 28.9. The summed E-state index contributed by atoms with van der Waals surface area (Å²) in [7, 11) is 0. The van der Waals surface area contributed by atoms with Gasteiger partial charge in [-0.25, -0.2) is 0 Å². The Labute approximate surface area is 95.3 Å². The smallest absolute Gasteiger partial charge is 0.387 e. The summed E-state index contributed by atoms with van der Waals surface area (Å²) in [5, 5.41) is 0.310. The Bertz CT molecular complexity index is 296. The lowest BCUT2D eigenvalue weighted by atomic mass is 10.3. The number of hydrogen-bond donors (Lipinski definition) is 0. The van der Waals surface area contributed by atoms with E-state index in [9.17, 15) is 8.78 Å². The zero-order chi connectivity index (χ0) is 10.0. The fraction of sp³-hybridized carbons (Fsp3) is 0.143. The van der Waals surface area contributed by atoms with Gasteiger partial charge in [0.1, 0.15) is 5.75 Å². The first-order chi connectivity index (χ1) is 6.00. The molecule has 1 aromatic rings. The molecule has 0 aliphatic carbocycles. The van der Waals surface area contributed by atoms with Gasteiger partial charge in [-0.2, -0.15) is 8.78 Å². The van der Waals surface area contributed by atoms with Crippen molar-refractivity contribution in [1.29, 1.82) is 0 Å². The van der Waals surface area contributed by atoms with E-state index in [2.05, 4.69) is 36.6 Å². The number of ether oxygens (including phenoxy) is 1. The molecule has 1 nitrogen and oxygen atoms in total. The van der Waals surface area contributed by atoms with E-state index in [0.29, 0.717) is 14.0 Å². The van der Waals surface area contributed by atoms with Gasteiger partial charge in [-0.3, -0.25) is 0 Å².